The maximum atomic E-state index is 13.3. The first-order valence-electron chi connectivity index (χ1n) is 8.48. The number of hydrogen-bond donors (Lipinski definition) is 0. The van der Waals surface area contributed by atoms with Crippen LogP contribution in [0.3, 0.4) is 0 Å². The predicted molar refractivity (Wildman–Crippen MR) is 91.7 cm³/mol. The lowest BCUT2D eigenvalue weighted by atomic mass is 9.97. The van der Waals surface area contributed by atoms with Crippen LogP contribution in [0.5, 0.6) is 0 Å². The molecule has 2 rings (SSSR count). The molecule has 1 heterocycles. The molecule has 6 heteroatoms. The largest absolute Gasteiger partial charge is 0.416 e. The van der Waals surface area contributed by atoms with Gasteiger partial charge in [-0.3, -0.25) is 4.79 Å². The lowest BCUT2D eigenvalue weighted by Crippen LogP contribution is -2.36. The average molecular weight is 359 g/mol. The van der Waals surface area contributed by atoms with Gasteiger partial charge in [0.2, 0.25) is 5.91 Å². The summed E-state index contributed by atoms with van der Waals surface area (Å²) >= 11 is 1.42. The Morgan fingerprint density at radius 2 is 2.04 bits per heavy atom. The van der Waals surface area contributed by atoms with Crippen molar-refractivity contribution < 1.29 is 18.0 Å². The van der Waals surface area contributed by atoms with E-state index in [1.54, 1.807) is 11.0 Å². The van der Waals surface area contributed by atoms with Crippen LogP contribution in [0, 0.1) is 5.92 Å². The maximum Gasteiger partial charge on any atom is 0.416 e. The molecule has 134 valence electrons. The highest BCUT2D eigenvalue weighted by atomic mass is 32.2. The van der Waals surface area contributed by atoms with E-state index in [0.29, 0.717) is 12.3 Å². The highest BCUT2D eigenvalue weighted by Crippen LogP contribution is 2.44. The molecule has 1 aromatic carbocycles. The maximum absolute atomic E-state index is 13.3. The Morgan fingerprint density at radius 3 is 2.67 bits per heavy atom. The molecule has 0 saturated carbocycles. The van der Waals surface area contributed by atoms with Crippen molar-refractivity contribution in [3.8, 4) is 0 Å². The number of unbranched alkanes of at least 4 members (excludes halogenated alkanes) is 1. The molecule has 2 unspecified atom stereocenters. The number of benzene rings is 1. The number of hydrogen-bond acceptors (Lipinski definition) is 2. The van der Waals surface area contributed by atoms with Crippen molar-refractivity contribution in [3.05, 3.63) is 35.4 Å². The smallest absolute Gasteiger partial charge is 0.325 e. The van der Waals surface area contributed by atoms with E-state index in [-0.39, 0.29) is 17.4 Å². The van der Waals surface area contributed by atoms with Crippen LogP contribution in [0.1, 0.15) is 56.0 Å². The minimum absolute atomic E-state index is 0.00192. The first-order chi connectivity index (χ1) is 11.4. The molecular formula is C18H24F3NOS. The average Bonchev–Trinajstić information content (AvgIpc) is 3.04. The van der Waals surface area contributed by atoms with Crippen LogP contribution < -0.4 is 0 Å². The molecule has 0 bridgehead atoms. The Morgan fingerprint density at radius 1 is 1.33 bits per heavy atom. The summed E-state index contributed by atoms with van der Waals surface area (Å²) in [7, 11) is 0. The van der Waals surface area contributed by atoms with Crippen LogP contribution in [-0.2, 0) is 11.0 Å². The third kappa shape index (κ3) is 4.26. The van der Waals surface area contributed by atoms with E-state index in [9.17, 15) is 18.0 Å². The number of halogens is 3. The van der Waals surface area contributed by atoms with Crippen LogP contribution >= 0.6 is 11.8 Å². The Kier molecular flexibility index (Phi) is 6.61. The normalized spacial score (nSPS) is 19.5. The zero-order valence-electron chi connectivity index (χ0n) is 14.1. The SMILES string of the molecule is CCCCC(CC)C(=O)N1CCSC1c1ccccc1C(F)(F)F. The molecule has 1 aromatic rings. The Balaban J connectivity index is 2.27. The Hall–Kier alpha value is -1.17. The summed E-state index contributed by atoms with van der Waals surface area (Å²) in [4.78, 5) is 14.5. The van der Waals surface area contributed by atoms with Crippen LogP contribution in [0.4, 0.5) is 13.2 Å². The monoisotopic (exact) mass is 359 g/mol. The van der Waals surface area contributed by atoms with Gasteiger partial charge >= 0.3 is 6.18 Å². The predicted octanol–water partition coefficient (Wildman–Crippen LogP) is 5.50. The van der Waals surface area contributed by atoms with Crippen LogP contribution in [0.25, 0.3) is 0 Å². The summed E-state index contributed by atoms with van der Waals surface area (Å²) in [6, 6.07) is 5.61. The summed E-state index contributed by atoms with van der Waals surface area (Å²) in [5, 5.41) is -0.536. The fourth-order valence-corrected chi connectivity index (χ4v) is 4.41. The lowest BCUT2D eigenvalue weighted by Gasteiger charge is -2.29. The van der Waals surface area contributed by atoms with E-state index in [1.807, 2.05) is 6.92 Å². The molecule has 0 aromatic heterocycles. The molecule has 1 aliphatic heterocycles. The zero-order chi connectivity index (χ0) is 17.7. The first-order valence-corrected chi connectivity index (χ1v) is 9.53. The van der Waals surface area contributed by atoms with Gasteiger partial charge in [-0.2, -0.15) is 13.2 Å². The van der Waals surface area contributed by atoms with Crippen molar-refractivity contribution in [2.75, 3.05) is 12.3 Å². The quantitative estimate of drug-likeness (QED) is 0.669. The molecular weight excluding hydrogens is 335 g/mol. The minimum Gasteiger partial charge on any atom is -0.325 e. The van der Waals surface area contributed by atoms with Crippen LogP contribution in [-0.4, -0.2) is 23.1 Å². The number of thioether (sulfide) groups is 1. The van der Waals surface area contributed by atoms with Gasteiger partial charge in [0.25, 0.3) is 0 Å². The summed E-state index contributed by atoms with van der Waals surface area (Å²) in [5.74, 6) is 0.578. The first kappa shape index (κ1) is 19.2. The summed E-state index contributed by atoms with van der Waals surface area (Å²) in [6.45, 7) is 4.56. The van der Waals surface area contributed by atoms with Crippen molar-refractivity contribution in [2.45, 2.75) is 51.1 Å². The summed E-state index contributed by atoms with van der Waals surface area (Å²) in [6.07, 6.45) is -0.886. The minimum atomic E-state index is -4.40. The molecule has 1 saturated heterocycles. The lowest BCUT2D eigenvalue weighted by molar-refractivity contribution is -0.141. The Bertz CT molecular complexity index is 561. The van der Waals surface area contributed by atoms with Crippen molar-refractivity contribution in [2.24, 2.45) is 5.92 Å². The number of carbonyl (C=O) groups excluding carboxylic acids is 1. The molecule has 24 heavy (non-hydrogen) atoms. The molecule has 0 radical (unpaired) electrons. The van der Waals surface area contributed by atoms with E-state index in [2.05, 4.69) is 6.92 Å². The highest BCUT2D eigenvalue weighted by Gasteiger charge is 2.40. The van der Waals surface area contributed by atoms with Gasteiger partial charge in [0.1, 0.15) is 5.37 Å². The van der Waals surface area contributed by atoms with E-state index in [4.69, 9.17) is 0 Å². The number of carbonyl (C=O) groups is 1. The molecule has 0 aliphatic carbocycles. The molecule has 2 atom stereocenters. The van der Waals surface area contributed by atoms with Gasteiger partial charge in [-0.05, 0) is 24.5 Å². The number of nitrogens with zero attached hydrogens (tertiary/aromatic N) is 1. The standard InChI is InChI=1S/C18H24F3NOS/c1-3-5-8-13(4-2)16(23)22-11-12-24-17(22)14-9-6-7-10-15(14)18(19,20)21/h6-7,9-10,13,17H,3-5,8,11-12H2,1-2H3. The van der Waals surface area contributed by atoms with Crippen LogP contribution in [0.15, 0.2) is 24.3 Å². The summed E-state index contributed by atoms with van der Waals surface area (Å²) < 4.78 is 39.9. The van der Waals surface area contributed by atoms with Crippen molar-refractivity contribution >= 4 is 17.7 Å². The zero-order valence-corrected chi connectivity index (χ0v) is 14.9. The highest BCUT2D eigenvalue weighted by molar-refractivity contribution is 7.99. The van der Waals surface area contributed by atoms with Gasteiger partial charge in [-0.25, -0.2) is 0 Å². The van der Waals surface area contributed by atoms with Gasteiger partial charge in [0, 0.05) is 18.2 Å². The van der Waals surface area contributed by atoms with Gasteiger partial charge in [-0.1, -0.05) is 44.9 Å². The molecule has 2 nitrogen and oxygen atoms in total. The van der Waals surface area contributed by atoms with Gasteiger partial charge < -0.3 is 4.90 Å². The number of rotatable bonds is 6. The van der Waals surface area contributed by atoms with Gasteiger partial charge in [0.15, 0.2) is 0 Å². The Labute approximate surface area is 145 Å². The van der Waals surface area contributed by atoms with E-state index in [0.717, 1.165) is 31.7 Å². The van der Waals surface area contributed by atoms with E-state index >= 15 is 0 Å². The second kappa shape index (κ2) is 8.28. The second-order valence-corrected chi connectivity index (χ2v) is 7.28. The number of amides is 1. The molecule has 1 amide bonds. The van der Waals surface area contributed by atoms with Crippen molar-refractivity contribution in [3.63, 3.8) is 0 Å². The second-order valence-electron chi connectivity index (χ2n) is 6.09. The number of alkyl halides is 3. The molecule has 1 aliphatic rings. The fourth-order valence-electron chi connectivity index (χ4n) is 3.11. The van der Waals surface area contributed by atoms with E-state index in [1.165, 1.54) is 23.9 Å². The van der Waals surface area contributed by atoms with Crippen molar-refractivity contribution in [1.29, 1.82) is 0 Å². The topological polar surface area (TPSA) is 20.3 Å². The van der Waals surface area contributed by atoms with E-state index < -0.39 is 17.1 Å². The van der Waals surface area contributed by atoms with Gasteiger partial charge in [-0.15, -0.1) is 11.8 Å². The molecule has 0 N–H and O–H groups in total. The van der Waals surface area contributed by atoms with Crippen molar-refractivity contribution in [1.82, 2.24) is 4.90 Å². The van der Waals surface area contributed by atoms with Crippen LogP contribution in [0.2, 0.25) is 0 Å². The molecule has 0 spiro atoms. The third-order valence-electron chi connectivity index (χ3n) is 4.45. The van der Waals surface area contributed by atoms with Gasteiger partial charge in [0.05, 0.1) is 5.56 Å². The molecule has 1 fully saturated rings. The fraction of sp³-hybridized carbons (Fsp3) is 0.611. The summed E-state index contributed by atoms with van der Waals surface area (Å²) in [5.41, 5.74) is -0.435. The third-order valence-corrected chi connectivity index (χ3v) is 5.70.